The van der Waals surface area contributed by atoms with Crippen molar-refractivity contribution in [3.8, 4) is 0 Å². The molecule has 1 aromatic rings. The predicted molar refractivity (Wildman–Crippen MR) is 104 cm³/mol. The average Bonchev–Trinajstić information content (AvgIpc) is 2.63. The van der Waals surface area contributed by atoms with Gasteiger partial charge >= 0.3 is 0 Å². The van der Waals surface area contributed by atoms with E-state index in [2.05, 4.69) is 13.2 Å². The summed E-state index contributed by atoms with van der Waals surface area (Å²) in [5, 5.41) is 0. The van der Waals surface area contributed by atoms with Gasteiger partial charge in [0.05, 0.1) is 0 Å². The van der Waals surface area contributed by atoms with Crippen LogP contribution in [0.3, 0.4) is 0 Å². The van der Waals surface area contributed by atoms with E-state index in [4.69, 9.17) is 0 Å². The van der Waals surface area contributed by atoms with Crippen molar-refractivity contribution in [3.63, 3.8) is 0 Å². The summed E-state index contributed by atoms with van der Waals surface area (Å²) in [6.45, 7) is 7.58. The number of benzene rings is 1. The Morgan fingerprint density at radius 2 is 1.33 bits per heavy atom. The van der Waals surface area contributed by atoms with Crippen molar-refractivity contribution in [1.82, 2.24) is 0 Å². The number of rotatable bonds is 13. The number of carbonyl (C=O) groups excluding carboxylic acids is 2. The first-order valence-corrected chi connectivity index (χ1v) is 8.97. The summed E-state index contributed by atoms with van der Waals surface area (Å²) in [5.41, 5.74) is 2.15. The molecule has 0 amide bonds. The summed E-state index contributed by atoms with van der Waals surface area (Å²) in [4.78, 5) is 20.1. The lowest BCUT2D eigenvalue weighted by Gasteiger charge is -2.01. The fourth-order valence-electron chi connectivity index (χ4n) is 2.27. The maximum atomic E-state index is 10.1. The first-order valence-electron chi connectivity index (χ1n) is 8.97. The van der Waals surface area contributed by atoms with Gasteiger partial charge in [-0.2, -0.15) is 0 Å². The highest BCUT2D eigenvalue weighted by Gasteiger charge is 1.95. The van der Waals surface area contributed by atoms with Gasteiger partial charge in [0.1, 0.15) is 12.6 Å². The maximum absolute atomic E-state index is 10.1. The standard InChI is InChI=1S/C11H12O.C11H20O/c1-10(6-5-9-12)11-7-3-2-4-8-11;1-2-3-4-5-6-7-8-9-10-11-12/h2-4,7-9H,1,5-6H2;2,11H,1,3-10H2. The molecule has 1 rings (SSSR count). The van der Waals surface area contributed by atoms with Crippen LogP contribution in [0.15, 0.2) is 49.6 Å². The van der Waals surface area contributed by atoms with Gasteiger partial charge in [-0.15, -0.1) is 6.58 Å². The minimum Gasteiger partial charge on any atom is -0.303 e. The van der Waals surface area contributed by atoms with Gasteiger partial charge in [-0.25, -0.2) is 0 Å². The van der Waals surface area contributed by atoms with Gasteiger partial charge in [-0.3, -0.25) is 0 Å². The molecule has 0 saturated heterocycles. The molecular formula is C22H32O2. The van der Waals surface area contributed by atoms with Crippen molar-refractivity contribution >= 4 is 18.1 Å². The number of allylic oxidation sites excluding steroid dienone is 2. The largest absolute Gasteiger partial charge is 0.303 e. The number of hydrogen-bond donors (Lipinski definition) is 0. The molecule has 0 saturated carbocycles. The van der Waals surface area contributed by atoms with Crippen LogP contribution in [0.2, 0.25) is 0 Å². The lowest BCUT2D eigenvalue weighted by Crippen LogP contribution is -1.83. The molecule has 2 heteroatoms. The third-order valence-corrected chi connectivity index (χ3v) is 3.73. The lowest BCUT2D eigenvalue weighted by molar-refractivity contribution is -0.108. The van der Waals surface area contributed by atoms with E-state index in [9.17, 15) is 9.59 Å². The second-order valence-electron chi connectivity index (χ2n) is 5.83. The van der Waals surface area contributed by atoms with Crippen LogP contribution in [0.4, 0.5) is 0 Å². The highest BCUT2D eigenvalue weighted by molar-refractivity contribution is 5.65. The first kappa shape index (κ1) is 22.0. The van der Waals surface area contributed by atoms with Crippen LogP contribution < -0.4 is 0 Å². The van der Waals surface area contributed by atoms with Crippen LogP contribution in [0.1, 0.15) is 69.8 Å². The maximum Gasteiger partial charge on any atom is 0.120 e. The molecule has 0 aliphatic heterocycles. The van der Waals surface area contributed by atoms with Crippen molar-refractivity contribution in [1.29, 1.82) is 0 Å². The molecule has 1 aromatic carbocycles. The molecule has 0 unspecified atom stereocenters. The molecule has 0 fully saturated rings. The number of aldehydes is 2. The van der Waals surface area contributed by atoms with Crippen molar-refractivity contribution in [2.24, 2.45) is 0 Å². The van der Waals surface area contributed by atoms with Gasteiger partial charge in [-0.1, -0.05) is 68.7 Å². The average molecular weight is 328 g/mol. The Hall–Kier alpha value is -1.96. The predicted octanol–water partition coefficient (Wildman–Crippen LogP) is 6.17. The van der Waals surface area contributed by atoms with Crippen molar-refractivity contribution < 1.29 is 9.59 Å². The zero-order valence-corrected chi connectivity index (χ0v) is 14.9. The number of carbonyl (C=O) groups is 2. The molecule has 0 aliphatic carbocycles. The van der Waals surface area contributed by atoms with Crippen LogP contribution in [-0.2, 0) is 9.59 Å². The molecule has 0 aliphatic rings. The van der Waals surface area contributed by atoms with E-state index in [1.165, 1.54) is 32.1 Å². The smallest absolute Gasteiger partial charge is 0.120 e. The van der Waals surface area contributed by atoms with Gasteiger partial charge in [-0.05, 0) is 36.8 Å². The molecule has 2 nitrogen and oxygen atoms in total. The number of hydrogen-bond acceptors (Lipinski definition) is 2. The van der Waals surface area contributed by atoms with E-state index in [0.29, 0.717) is 6.42 Å². The monoisotopic (exact) mass is 328 g/mol. The van der Waals surface area contributed by atoms with Crippen LogP contribution in [0.5, 0.6) is 0 Å². The molecule has 0 aromatic heterocycles. The summed E-state index contributed by atoms with van der Waals surface area (Å²) in [6, 6.07) is 9.93. The number of unbranched alkanes of at least 4 members (excludes halogenated alkanes) is 7. The quantitative estimate of drug-likeness (QED) is 0.246. The van der Waals surface area contributed by atoms with Gasteiger partial charge in [0, 0.05) is 12.8 Å². The SMILES string of the molecule is C=C(CCC=O)c1ccccc1.C=CCCCCCCCCC=O. The van der Waals surface area contributed by atoms with Gasteiger partial charge in [0.2, 0.25) is 0 Å². The molecule has 0 bridgehead atoms. The normalized spacial score (nSPS) is 9.50. The fourth-order valence-corrected chi connectivity index (χ4v) is 2.27. The summed E-state index contributed by atoms with van der Waals surface area (Å²) in [5.74, 6) is 0. The summed E-state index contributed by atoms with van der Waals surface area (Å²) in [7, 11) is 0. The van der Waals surface area contributed by atoms with E-state index < -0.39 is 0 Å². The van der Waals surface area contributed by atoms with E-state index in [-0.39, 0.29) is 0 Å². The van der Waals surface area contributed by atoms with E-state index in [1.807, 2.05) is 36.4 Å². The molecule has 0 N–H and O–H groups in total. The molecular weight excluding hydrogens is 296 g/mol. The molecule has 0 atom stereocenters. The molecule has 24 heavy (non-hydrogen) atoms. The Labute approximate surface area is 147 Å². The van der Waals surface area contributed by atoms with E-state index >= 15 is 0 Å². The van der Waals surface area contributed by atoms with Gasteiger partial charge in [0.15, 0.2) is 0 Å². The van der Waals surface area contributed by atoms with Crippen molar-refractivity contribution in [3.05, 3.63) is 55.1 Å². The Balaban J connectivity index is 0.000000441. The summed E-state index contributed by atoms with van der Waals surface area (Å²) in [6.07, 6.45) is 14.6. The first-order chi connectivity index (χ1) is 11.8. The molecule has 0 radical (unpaired) electrons. The summed E-state index contributed by atoms with van der Waals surface area (Å²) >= 11 is 0. The minimum absolute atomic E-state index is 0.563. The van der Waals surface area contributed by atoms with Gasteiger partial charge < -0.3 is 9.59 Å². The Morgan fingerprint density at radius 3 is 1.88 bits per heavy atom. The third-order valence-electron chi connectivity index (χ3n) is 3.73. The van der Waals surface area contributed by atoms with Crippen LogP contribution in [-0.4, -0.2) is 12.6 Å². The van der Waals surface area contributed by atoms with Crippen LogP contribution >= 0.6 is 0 Å². The Kier molecular flexibility index (Phi) is 16.0. The van der Waals surface area contributed by atoms with Crippen molar-refractivity contribution in [2.45, 2.75) is 64.2 Å². The minimum atomic E-state index is 0.563. The third kappa shape index (κ3) is 13.7. The zero-order chi connectivity index (χ0) is 17.9. The second-order valence-corrected chi connectivity index (χ2v) is 5.83. The van der Waals surface area contributed by atoms with Crippen LogP contribution in [0, 0.1) is 0 Å². The summed E-state index contributed by atoms with van der Waals surface area (Å²) < 4.78 is 0. The van der Waals surface area contributed by atoms with Gasteiger partial charge in [0.25, 0.3) is 0 Å². The lowest BCUT2D eigenvalue weighted by atomic mass is 10.0. The topological polar surface area (TPSA) is 34.1 Å². The van der Waals surface area contributed by atoms with Crippen molar-refractivity contribution in [2.75, 3.05) is 0 Å². The Bertz CT molecular complexity index is 434. The molecule has 0 heterocycles. The van der Waals surface area contributed by atoms with E-state index in [1.54, 1.807) is 0 Å². The Morgan fingerprint density at radius 1 is 0.792 bits per heavy atom. The zero-order valence-electron chi connectivity index (χ0n) is 14.9. The molecule has 0 spiro atoms. The van der Waals surface area contributed by atoms with E-state index in [0.717, 1.165) is 49.4 Å². The highest BCUT2D eigenvalue weighted by Crippen LogP contribution is 2.15. The molecule has 132 valence electrons. The highest BCUT2D eigenvalue weighted by atomic mass is 16.1. The van der Waals surface area contributed by atoms with Crippen LogP contribution in [0.25, 0.3) is 5.57 Å². The second kappa shape index (κ2) is 17.4. The fraction of sp³-hybridized carbons (Fsp3) is 0.455.